The van der Waals surface area contributed by atoms with Crippen molar-refractivity contribution in [1.82, 2.24) is 0 Å². The molecule has 0 aliphatic rings. The van der Waals surface area contributed by atoms with Crippen molar-refractivity contribution in [3.8, 4) is 0 Å². The molecule has 0 bridgehead atoms. The molecule has 0 aromatic rings. The topological polar surface area (TPSA) is 80.7 Å². The van der Waals surface area contributed by atoms with Gasteiger partial charge < -0.3 is 0 Å². The summed E-state index contributed by atoms with van der Waals surface area (Å²) in [5.41, 5.74) is -1.34. The van der Waals surface area contributed by atoms with E-state index in [1.54, 1.807) is 0 Å². The molecule has 13 heavy (non-hydrogen) atoms. The number of ether oxygens (including phenoxy) is 1. The van der Waals surface area contributed by atoms with E-state index in [9.17, 15) is 13.2 Å². The van der Waals surface area contributed by atoms with Gasteiger partial charge in [-0.25, -0.2) is 0 Å². The first-order valence-electron chi connectivity index (χ1n) is 3.61. The van der Waals surface area contributed by atoms with Crippen LogP contribution in [0.15, 0.2) is 12.2 Å². The van der Waals surface area contributed by atoms with Crippen LogP contribution in [-0.2, 0) is 19.6 Å². The van der Waals surface area contributed by atoms with E-state index >= 15 is 0 Å². The number of carbonyl (C=O) groups is 1. The zero-order valence-electron chi connectivity index (χ0n) is 7.48. The van der Waals surface area contributed by atoms with Crippen molar-refractivity contribution >= 4 is 44.0 Å². The summed E-state index contributed by atoms with van der Waals surface area (Å²) in [7, 11) is -4.29. The van der Waals surface area contributed by atoms with Crippen molar-refractivity contribution in [2.24, 2.45) is 0 Å². The van der Waals surface area contributed by atoms with Crippen LogP contribution in [-0.4, -0.2) is 52.3 Å². The van der Waals surface area contributed by atoms with Crippen LogP contribution in [0.2, 0.25) is 3.67 Å². The molecule has 0 fully saturated rings. The average molecular weight is 216 g/mol. The van der Waals surface area contributed by atoms with Gasteiger partial charge in [0.05, 0.1) is 0 Å². The summed E-state index contributed by atoms with van der Waals surface area (Å²) in [5, 5.41) is 0. The molecule has 5 nitrogen and oxygen atoms in total. The van der Waals surface area contributed by atoms with E-state index < -0.39 is 21.5 Å². The molecular weight excluding hydrogens is 207 g/mol. The third-order valence-electron chi connectivity index (χ3n) is 1.25. The van der Waals surface area contributed by atoms with Crippen LogP contribution in [0, 0.1) is 0 Å². The van der Waals surface area contributed by atoms with E-state index in [0.29, 0.717) is 27.9 Å². The van der Waals surface area contributed by atoms with Gasteiger partial charge in [-0.15, -0.1) is 0 Å². The van der Waals surface area contributed by atoms with Crippen LogP contribution >= 0.6 is 0 Å². The van der Waals surface area contributed by atoms with Gasteiger partial charge in [0.2, 0.25) is 0 Å². The van der Waals surface area contributed by atoms with Crippen LogP contribution < -0.4 is 0 Å². The molecule has 70 valence electrons. The van der Waals surface area contributed by atoms with Gasteiger partial charge >= 0.3 is 94.7 Å². The molecule has 1 atom stereocenters. The van der Waals surface area contributed by atoms with E-state index in [4.69, 9.17) is 4.55 Å². The Bertz CT molecular complexity index is 307. The monoisotopic (exact) mass is 216 g/mol. The summed E-state index contributed by atoms with van der Waals surface area (Å²) in [6, 6.07) is 0. The number of rotatable bonds is 4. The second kappa shape index (κ2) is 5.11. The second-order valence-electron chi connectivity index (χ2n) is 2.54. The summed E-state index contributed by atoms with van der Waals surface area (Å²) in [6.45, 7) is 4.68. The van der Waals surface area contributed by atoms with Crippen LogP contribution in [0.4, 0.5) is 0 Å². The summed E-state index contributed by atoms with van der Waals surface area (Å²) in [4.78, 5) is 10.9. The van der Waals surface area contributed by atoms with Crippen LogP contribution in [0.5, 0.6) is 0 Å². The molecule has 1 unspecified atom stereocenters. The van der Waals surface area contributed by atoms with Crippen LogP contribution in [0.1, 0.15) is 6.92 Å². The fraction of sp³-hybridized carbons (Fsp3) is 0.500. The summed E-state index contributed by atoms with van der Waals surface area (Å²) < 4.78 is 34.4. The molecule has 0 heterocycles. The Kier molecular flexibility index (Phi) is 5.16. The zero-order valence-corrected chi connectivity index (χ0v) is 10.3. The number of carbonyl (C=O) groups excluding carboxylic acids is 1. The minimum atomic E-state index is -4.29. The Labute approximate surface area is 94.3 Å². The Balaban J connectivity index is 4.49. The molecule has 0 aromatic heterocycles. The average Bonchev–Trinajstić information content (AvgIpc) is 1.96. The molecule has 1 N–H and O–H groups in total. The summed E-state index contributed by atoms with van der Waals surface area (Å²) in [6.07, 6.45) is 0. The normalized spacial score (nSPS) is 13.5. The van der Waals surface area contributed by atoms with E-state index in [1.807, 2.05) is 0 Å². The first-order chi connectivity index (χ1) is 5.79. The SMILES string of the molecule is C=C(C)C(=O)OC([CH2][Na])S(=O)(=O)O. The van der Waals surface area contributed by atoms with E-state index in [2.05, 4.69) is 11.3 Å². The molecule has 0 aliphatic carbocycles. The fourth-order valence-corrected chi connectivity index (χ4v) is 2.64. The summed E-state index contributed by atoms with van der Waals surface area (Å²) in [5.74, 6) is -0.807. The molecular formula is C6H9NaO5S. The van der Waals surface area contributed by atoms with Gasteiger partial charge in [0.15, 0.2) is 0 Å². The van der Waals surface area contributed by atoms with Crippen molar-refractivity contribution in [2.45, 2.75) is 16.0 Å². The molecule has 0 aliphatic heterocycles. The number of hydrogen-bond donors (Lipinski definition) is 1. The third kappa shape index (κ3) is 4.78. The predicted molar refractivity (Wildman–Crippen MR) is 46.8 cm³/mol. The van der Waals surface area contributed by atoms with Crippen molar-refractivity contribution in [1.29, 1.82) is 0 Å². The predicted octanol–water partition coefficient (Wildman–Crippen LogP) is -0.0936. The van der Waals surface area contributed by atoms with Crippen molar-refractivity contribution in [3.05, 3.63) is 12.2 Å². The molecule has 0 amide bonds. The maximum atomic E-state index is 10.9. The summed E-state index contributed by atoms with van der Waals surface area (Å²) >= 11 is 0.508. The minimum absolute atomic E-state index is 0.101. The molecule has 0 saturated heterocycles. The first kappa shape index (κ1) is 13.1. The number of esters is 1. The van der Waals surface area contributed by atoms with Gasteiger partial charge in [-0.2, -0.15) is 0 Å². The quantitative estimate of drug-likeness (QED) is 0.307. The molecule has 0 radical (unpaired) electrons. The van der Waals surface area contributed by atoms with Crippen LogP contribution in [0.25, 0.3) is 0 Å². The van der Waals surface area contributed by atoms with Crippen molar-refractivity contribution < 1.29 is 22.5 Å². The van der Waals surface area contributed by atoms with E-state index in [-0.39, 0.29) is 9.24 Å². The van der Waals surface area contributed by atoms with E-state index in [1.165, 1.54) is 6.92 Å². The van der Waals surface area contributed by atoms with Crippen LogP contribution in [0.3, 0.4) is 0 Å². The van der Waals surface area contributed by atoms with Gasteiger partial charge in [-0.05, 0) is 0 Å². The molecule has 0 rings (SSSR count). The second-order valence-corrected chi connectivity index (χ2v) is 4.91. The number of hydrogen-bond acceptors (Lipinski definition) is 4. The Morgan fingerprint density at radius 2 is 2.15 bits per heavy atom. The zero-order chi connectivity index (χ0) is 10.6. The van der Waals surface area contributed by atoms with Gasteiger partial charge in [0, 0.05) is 0 Å². The fourth-order valence-electron chi connectivity index (χ4n) is 0.575. The Hall–Kier alpha value is 0.120. The van der Waals surface area contributed by atoms with Crippen molar-refractivity contribution in [3.63, 3.8) is 0 Å². The van der Waals surface area contributed by atoms with E-state index in [0.717, 1.165) is 0 Å². The van der Waals surface area contributed by atoms with Gasteiger partial charge in [-0.1, -0.05) is 0 Å². The maximum absolute atomic E-state index is 10.9. The Morgan fingerprint density at radius 3 is 2.38 bits per heavy atom. The molecule has 0 saturated carbocycles. The molecule has 0 aromatic carbocycles. The molecule has 7 heteroatoms. The first-order valence-corrected chi connectivity index (χ1v) is 6.53. The van der Waals surface area contributed by atoms with Crippen molar-refractivity contribution in [2.75, 3.05) is 0 Å². The molecule has 0 spiro atoms. The van der Waals surface area contributed by atoms with Gasteiger partial charge in [0.25, 0.3) is 0 Å². The van der Waals surface area contributed by atoms with Gasteiger partial charge in [0.1, 0.15) is 0 Å². The third-order valence-corrected chi connectivity index (χ3v) is 3.68. The van der Waals surface area contributed by atoms with Gasteiger partial charge in [-0.3, -0.25) is 0 Å². The standard InChI is InChI=1S/C6H9O5S.Na/c1-4(2)6(7)11-5(3)12(8,9)10;/h5H,1,3H2,2H3,(H,8,9,10);. The Morgan fingerprint density at radius 1 is 1.69 bits per heavy atom.